The van der Waals surface area contributed by atoms with E-state index < -0.39 is 37.2 Å². The van der Waals surface area contributed by atoms with Crippen LogP contribution in [-0.2, 0) is 25.6 Å². The summed E-state index contributed by atoms with van der Waals surface area (Å²) in [4.78, 5) is 24.2. The number of aromatic amines is 1. The quantitative estimate of drug-likeness (QED) is 0.315. The van der Waals surface area contributed by atoms with E-state index in [1.165, 1.54) is 11.8 Å². The maximum absolute atomic E-state index is 12.4. The molecule has 4 heterocycles. The van der Waals surface area contributed by atoms with Crippen molar-refractivity contribution in [3.05, 3.63) is 34.6 Å². The average molecular weight is 468 g/mol. The molecule has 14 heteroatoms. The van der Waals surface area contributed by atoms with Gasteiger partial charge in [0.05, 0.1) is 6.61 Å². The van der Waals surface area contributed by atoms with Crippen molar-refractivity contribution in [3.8, 4) is 0 Å². The Morgan fingerprint density at radius 1 is 1.33 bits per heavy atom. The van der Waals surface area contributed by atoms with Gasteiger partial charge in [0.1, 0.15) is 18.3 Å². The van der Waals surface area contributed by atoms with Crippen LogP contribution in [0.25, 0.3) is 11.2 Å². The predicted molar refractivity (Wildman–Crippen MR) is 114 cm³/mol. The Morgan fingerprint density at radius 3 is 2.93 bits per heavy atom. The van der Waals surface area contributed by atoms with Crippen LogP contribution in [0.5, 0.6) is 0 Å². The number of anilines is 2. The molecule has 2 aromatic heterocycles. The van der Waals surface area contributed by atoms with Gasteiger partial charge in [0.15, 0.2) is 29.7 Å². The highest BCUT2D eigenvalue weighted by molar-refractivity contribution is 8.00. The minimum atomic E-state index is -1.88. The number of nitrogen functional groups attached to an aromatic ring is 2. The Hall–Kier alpha value is -1.99. The number of aliphatic hydroxyl groups excluding tert-OH is 1. The SMILES string of the molecule is Nc1nc2c(nc(Sc3ccccc3N)n2[C@@H]2OC3CO[PH](=S)O[C@H]3C2O)c(=O)[nH]1. The highest BCUT2D eigenvalue weighted by Crippen LogP contribution is 2.45. The summed E-state index contributed by atoms with van der Waals surface area (Å²) in [5.41, 5.74) is 12.1. The number of benzene rings is 1. The van der Waals surface area contributed by atoms with Gasteiger partial charge in [-0.25, -0.2) is 4.98 Å². The van der Waals surface area contributed by atoms with Crippen molar-refractivity contribution in [2.45, 2.75) is 34.6 Å². The Bertz CT molecular complexity index is 1220. The summed E-state index contributed by atoms with van der Waals surface area (Å²) in [7, 11) is -1.88. The molecule has 0 saturated carbocycles. The second-order valence-electron chi connectivity index (χ2n) is 6.73. The molecule has 30 heavy (non-hydrogen) atoms. The maximum Gasteiger partial charge on any atom is 0.280 e. The van der Waals surface area contributed by atoms with E-state index in [1.807, 2.05) is 18.2 Å². The Morgan fingerprint density at radius 2 is 2.13 bits per heavy atom. The molecular weight excluding hydrogens is 451 g/mol. The molecule has 0 aliphatic carbocycles. The minimum Gasteiger partial charge on any atom is -0.398 e. The third-order valence-corrected chi connectivity index (χ3v) is 7.39. The summed E-state index contributed by atoms with van der Waals surface area (Å²) in [6.07, 6.45) is -3.17. The lowest BCUT2D eigenvalue weighted by molar-refractivity contribution is -0.0556. The van der Waals surface area contributed by atoms with Crippen LogP contribution in [0.2, 0.25) is 0 Å². The molecule has 2 aliphatic rings. The van der Waals surface area contributed by atoms with Gasteiger partial charge in [-0.15, -0.1) is 0 Å². The number of imidazole rings is 1. The number of ether oxygens (including phenoxy) is 1. The number of hydrogen-bond acceptors (Lipinski definition) is 11. The molecule has 5 rings (SSSR count). The minimum absolute atomic E-state index is 0.0667. The second kappa shape index (κ2) is 7.61. The summed E-state index contributed by atoms with van der Waals surface area (Å²) < 4.78 is 18.6. The van der Waals surface area contributed by atoms with Crippen molar-refractivity contribution in [1.29, 1.82) is 0 Å². The first-order chi connectivity index (χ1) is 14.4. The monoisotopic (exact) mass is 468 g/mol. The number of para-hydroxylation sites is 1. The van der Waals surface area contributed by atoms with E-state index in [2.05, 4.69) is 15.0 Å². The van der Waals surface area contributed by atoms with Crippen molar-refractivity contribution >= 4 is 53.5 Å². The van der Waals surface area contributed by atoms with Crippen molar-refractivity contribution in [2.75, 3.05) is 18.1 Å². The van der Waals surface area contributed by atoms with E-state index in [1.54, 1.807) is 10.6 Å². The first kappa shape index (κ1) is 19.9. The molecule has 5 atom stereocenters. The molecule has 2 aliphatic heterocycles. The molecular formula is C16H17N6O5PS2. The van der Waals surface area contributed by atoms with Gasteiger partial charge in [0.25, 0.3) is 5.56 Å². The third-order valence-electron chi connectivity index (χ3n) is 4.82. The molecule has 158 valence electrons. The van der Waals surface area contributed by atoms with E-state index in [0.717, 1.165) is 4.90 Å². The van der Waals surface area contributed by atoms with Gasteiger partial charge in [-0.3, -0.25) is 14.3 Å². The highest BCUT2D eigenvalue weighted by atomic mass is 32.4. The van der Waals surface area contributed by atoms with Crippen molar-refractivity contribution in [3.63, 3.8) is 0 Å². The standard InChI is InChI=1S/C16H17N6O5PS2/c17-6-3-1-2-4-8(6)30-16-19-9-12(20-15(18)21-13(9)24)22(16)14-10(23)11-7(26-14)5-25-28(29)27-11/h1-4,7,10-11,14,23,28H,5,17H2,(H3,18,20,21,24)/t7?,10?,11-,14-/m1/s1. The zero-order valence-electron chi connectivity index (χ0n) is 15.2. The Labute approximate surface area is 179 Å². The van der Waals surface area contributed by atoms with Gasteiger partial charge in [0.2, 0.25) is 5.95 Å². The molecule has 3 aromatic rings. The zero-order chi connectivity index (χ0) is 21.0. The molecule has 2 fully saturated rings. The van der Waals surface area contributed by atoms with Crippen LogP contribution >= 0.6 is 18.9 Å². The van der Waals surface area contributed by atoms with Crippen molar-refractivity contribution < 1.29 is 18.9 Å². The van der Waals surface area contributed by atoms with Crippen LogP contribution < -0.4 is 17.0 Å². The molecule has 1 aromatic carbocycles. The number of fused-ring (bicyclic) bond motifs is 2. The van der Waals surface area contributed by atoms with Gasteiger partial charge in [-0.05, 0) is 35.7 Å². The fraction of sp³-hybridized carbons (Fsp3) is 0.312. The smallest absolute Gasteiger partial charge is 0.280 e. The zero-order valence-corrected chi connectivity index (χ0v) is 17.9. The fourth-order valence-electron chi connectivity index (χ4n) is 3.46. The first-order valence-corrected chi connectivity index (χ1v) is 12.2. The summed E-state index contributed by atoms with van der Waals surface area (Å²) in [6, 6.07) is 7.23. The van der Waals surface area contributed by atoms with Crippen LogP contribution in [0.1, 0.15) is 6.23 Å². The number of nitrogens with zero attached hydrogens (tertiary/aromatic N) is 3. The molecule has 2 saturated heterocycles. The van der Waals surface area contributed by atoms with Gasteiger partial charge in [-0.1, -0.05) is 12.1 Å². The van der Waals surface area contributed by atoms with E-state index >= 15 is 0 Å². The summed E-state index contributed by atoms with van der Waals surface area (Å²) in [6.45, 7) is 0.215. The van der Waals surface area contributed by atoms with Gasteiger partial charge in [0, 0.05) is 10.6 Å². The van der Waals surface area contributed by atoms with Gasteiger partial charge < -0.3 is 30.4 Å². The van der Waals surface area contributed by atoms with E-state index in [-0.39, 0.29) is 23.7 Å². The first-order valence-electron chi connectivity index (χ1n) is 8.89. The van der Waals surface area contributed by atoms with Gasteiger partial charge in [-0.2, -0.15) is 4.98 Å². The maximum atomic E-state index is 12.4. The summed E-state index contributed by atoms with van der Waals surface area (Å²) in [5.74, 6) is -0.0787. The number of aliphatic hydroxyl groups is 1. The number of aromatic nitrogens is 4. The van der Waals surface area contributed by atoms with Crippen LogP contribution in [0.3, 0.4) is 0 Å². The lowest BCUT2D eigenvalue weighted by Crippen LogP contribution is -2.37. The molecule has 0 radical (unpaired) electrons. The Kier molecular flexibility index (Phi) is 5.06. The molecule has 3 unspecified atom stereocenters. The summed E-state index contributed by atoms with van der Waals surface area (Å²) in [5, 5.41) is 11.3. The number of nitrogens with two attached hydrogens (primary N) is 2. The number of nitrogens with one attached hydrogen (secondary N) is 1. The molecule has 0 bridgehead atoms. The van der Waals surface area contributed by atoms with Crippen LogP contribution in [0, 0.1) is 0 Å². The van der Waals surface area contributed by atoms with E-state index in [4.69, 9.17) is 37.1 Å². The molecule has 0 amide bonds. The third kappa shape index (κ3) is 3.32. The lowest BCUT2D eigenvalue weighted by Gasteiger charge is -2.26. The van der Waals surface area contributed by atoms with Crippen molar-refractivity contribution in [2.24, 2.45) is 0 Å². The van der Waals surface area contributed by atoms with E-state index in [0.29, 0.717) is 10.8 Å². The number of rotatable bonds is 3. The summed E-state index contributed by atoms with van der Waals surface area (Å²) >= 11 is 6.34. The van der Waals surface area contributed by atoms with Crippen molar-refractivity contribution in [1.82, 2.24) is 19.5 Å². The predicted octanol–water partition coefficient (Wildman–Crippen LogP) is 0.615. The topological polar surface area (TPSA) is 164 Å². The van der Waals surface area contributed by atoms with Crippen LogP contribution in [0.4, 0.5) is 11.6 Å². The van der Waals surface area contributed by atoms with Crippen LogP contribution in [-0.4, -0.2) is 49.5 Å². The largest absolute Gasteiger partial charge is 0.398 e. The second-order valence-corrected chi connectivity index (χ2v) is 9.76. The number of hydrogen-bond donors (Lipinski definition) is 4. The fourth-order valence-corrected chi connectivity index (χ4v) is 5.84. The highest BCUT2D eigenvalue weighted by Gasteiger charge is 2.49. The normalized spacial score (nSPS) is 28.6. The lowest BCUT2D eigenvalue weighted by atomic mass is 10.1. The number of H-pyrrole nitrogens is 1. The van der Waals surface area contributed by atoms with Gasteiger partial charge >= 0.3 is 0 Å². The van der Waals surface area contributed by atoms with E-state index in [9.17, 15) is 9.90 Å². The average Bonchev–Trinajstić information content (AvgIpc) is 3.21. The van der Waals surface area contributed by atoms with Crippen LogP contribution in [0.15, 0.2) is 39.1 Å². The Balaban J connectivity index is 1.65. The molecule has 6 N–H and O–H groups in total. The molecule has 0 spiro atoms. The molecule has 11 nitrogen and oxygen atoms in total.